The summed E-state index contributed by atoms with van der Waals surface area (Å²) in [6.45, 7) is 0.394. The number of aromatic nitrogens is 2. The van der Waals surface area contributed by atoms with Crippen molar-refractivity contribution in [1.82, 2.24) is 9.78 Å². The molecule has 0 spiro atoms. The number of halogens is 1. The molecule has 0 fully saturated rings. The fraction of sp³-hybridized carbons (Fsp3) is 0.182. The third-order valence-electron chi connectivity index (χ3n) is 2.35. The van der Waals surface area contributed by atoms with Gasteiger partial charge in [0, 0.05) is 0 Å². The van der Waals surface area contributed by atoms with Crippen LogP contribution >= 0.6 is 11.6 Å². The topological polar surface area (TPSA) is 70.2 Å². The van der Waals surface area contributed by atoms with E-state index < -0.39 is 4.92 Å². The van der Waals surface area contributed by atoms with Gasteiger partial charge in [0.1, 0.15) is 5.75 Å². The molecule has 0 unspecified atom stereocenters. The second-order valence-electron chi connectivity index (χ2n) is 3.61. The lowest BCUT2D eigenvalue weighted by Gasteiger charge is -2.02. The van der Waals surface area contributed by atoms with E-state index in [1.165, 1.54) is 10.9 Å². The van der Waals surface area contributed by atoms with Crippen molar-refractivity contribution in [2.24, 2.45) is 0 Å². The number of methoxy groups -OCH3 is 1. The number of benzene rings is 1. The number of ether oxygens (including phenoxy) is 1. The third kappa shape index (κ3) is 2.60. The monoisotopic (exact) mass is 267 g/mol. The Kier molecular flexibility index (Phi) is 3.47. The quantitative estimate of drug-likeness (QED) is 0.630. The van der Waals surface area contributed by atoms with Gasteiger partial charge in [-0.25, -0.2) is 0 Å². The maximum Gasteiger partial charge on any atom is 0.408 e. The first-order chi connectivity index (χ1) is 8.60. The number of nitro groups is 1. The molecule has 0 saturated carbocycles. The normalized spacial score (nSPS) is 10.3. The van der Waals surface area contributed by atoms with E-state index in [0.717, 1.165) is 11.3 Å². The van der Waals surface area contributed by atoms with Crippen molar-refractivity contribution in [3.05, 3.63) is 51.2 Å². The van der Waals surface area contributed by atoms with Crippen molar-refractivity contribution >= 4 is 17.4 Å². The molecule has 0 radical (unpaired) electrons. The third-order valence-corrected chi connectivity index (χ3v) is 2.62. The van der Waals surface area contributed by atoms with Gasteiger partial charge in [0.25, 0.3) is 0 Å². The Morgan fingerprint density at radius 1 is 1.56 bits per heavy atom. The highest BCUT2D eigenvalue weighted by molar-refractivity contribution is 6.32. The van der Waals surface area contributed by atoms with Gasteiger partial charge in [0.05, 0.1) is 25.0 Å². The van der Waals surface area contributed by atoms with Crippen molar-refractivity contribution in [2.75, 3.05) is 7.11 Å². The summed E-state index contributed by atoms with van der Waals surface area (Å²) in [6.07, 6.45) is 1.43. The van der Waals surface area contributed by atoms with E-state index in [-0.39, 0.29) is 10.8 Å². The lowest BCUT2D eigenvalue weighted by molar-refractivity contribution is -0.389. The molecule has 0 aliphatic rings. The number of rotatable bonds is 4. The molecular weight excluding hydrogens is 258 g/mol. The number of hydrogen-bond acceptors (Lipinski definition) is 4. The average molecular weight is 268 g/mol. The predicted molar refractivity (Wildman–Crippen MR) is 66.0 cm³/mol. The molecule has 18 heavy (non-hydrogen) atoms. The molecule has 0 atom stereocenters. The summed E-state index contributed by atoms with van der Waals surface area (Å²) >= 11 is 5.72. The van der Waals surface area contributed by atoms with Gasteiger partial charge in [0.2, 0.25) is 0 Å². The molecule has 0 saturated heterocycles. The summed E-state index contributed by atoms with van der Waals surface area (Å²) in [6, 6.07) is 7.38. The Balaban J connectivity index is 2.23. The zero-order valence-corrected chi connectivity index (χ0v) is 10.3. The zero-order chi connectivity index (χ0) is 13.1. The minimum Gasteiger partial charge on any atom is -0.497 e. The molecule has 1 aromatic heterocycles. The Labute approximate surface area is 108 Å². The van der Waals surface area contributed by atoms with Crippen LogP contribution in [0, 0.1) is 10.1 Å². The number of nitrogens with zero attached hydrogens (tertiary/aromatic N) is 3. The van der Waals surface area contributed by atoms with Crippen LogP contribution in [0.3, 0.4) is 0 Å². The van der Waals surface area contributed by atoms with Crippen LogP contribution in [0.2, 0.25) is 5.02 Å². The molecule has 1 heterocycles. The van der Waals surface area contributed by atoms with E-state index in [0.29, 0.717) is 6.54 Å². The summed E-state index contributed by atoms with van der Waals surface area (Å²) in [5.74, 6) is 0.389. The molecule has 0 aliphatic carbocycles. The first-order valence-corrected chi connectivity index (χ1v) is 5.48. The highest BCUT2D eigenvalue weighted by Gasteiger charge is 2.18. The highest BCUT2D eigenvalue weighted by Crippen LogP contribution is 2.22. The molecular formula is C11H10ClN3O3. The van der Waals surface area contributed by atoms with Gasteiger partial charge < -0.3 is 14.9 Å². The summed E-state index contributed by atoms with van der Waals surface area (Å²) < 4.78 is 6.52. The van der Waals surface area contributed by atoms with Crippen LogP contribution in [0.1, 0.15) is 5.56 Å². The maximum absolute atomic E-state index is 10.6. The Morgan fingerprint density at radius 2 is 2.33 bits per heavy atom. The van der Waals surface area contributed by atoms with Crippen LogP contribution in [0.25, 0.3) is 0 Å². The molecule has 6 nitrogen and oxygen atoms in total. The van der Waals surface area contributed by atoms with Crippen molar-refractivity contribution in [2.45, 2.75) is 6.54 Å². The first-order valence-electron chi connectivity index (χ1n) is 5.10. The summed E-state index contributed by atoms with van der Waals surface area (Å²) in [5.41, 5.74) is 0.920. The van der Waals surface area contributed by atoms with E-state index in [1.807, 2.05) is 24.3 Å². The second kappa shape index (κ2) is 5.05. The van der Waals surface area contributed by atoms with Crippen LogP contribution in [0.15, 0.2) is 30.5 Å². The second-order valence-corrected chi connectivity index (χ2v) is 4.01. The SMILES string of the molecule is COc1cccc(Cn2cc(Cl)c([N+](=O)[O-])n2)c1. The van der Waals surface area contributed by atoms with Crippen molar-refractivity contribution in [3.8, 4) is 5.75 Å². The van der Waals surface area contributed by atoms with Gasteiger partial charge in [-0.2, -0.15) is 4.68 Å². The van der Waals surface area contributed by atoms with Gasteiger partial charge in [0.15, 0.2) is 5.02 Å². The average Bonchev–Trinajstić information content (AvgIpc) is 2.70. The van der Waals surface area contributed by atoms with Crippen LogP contribution < -0.4 is 4.74 Å². The Hall–Kier alpha value is -2.08. The van der Waals surface area contributed by atoms with Crippen molar-refractivity contribution in [1.29, 1.82) is 0 Å². The van der Waals surface area contributed by atoms with Crippen LogP contribution in [-0.4, -0.2) is 21.8 Å². The van der Waals surface area contributed by atoms with Gasteiger partial charge in [-0.3, -0.25) is 0 Å². The van der Waals surface area contributed by atoms with E-state index in [1.54, 1.807) is 7.11 Å². The molecule has 7 heteroatoms. The van der Waals surface area contributed by atoms with Gasteiger partial charge in [-0.05, 0) is 22.6 Å². The summed E-state index contributed by atoms with van der Waals surface area (Å²) in [4.78, 5) is 10.0. The van der Waals surface area contributed by atoms with E-state index in [4.69, 9.17) is 16.3 Å². The maximum atomic E-state index is 10.6. The fourth-order valence-corrected chi connectivity index (χ4v) is 1.77. The van der Waals surface area contributed by atoms with Crippen molar-refractivity contribution < 1.29 is 9.66 Å². The van der Waals surface area contributed by atoms with Gasteiger partial charge in [-0.15, -0.1) is 0 Å². The summed E-state index contributed by atoms with van der Waals surface area (Å²) in [5, 5.41) is 14.4. The molecule has 0 N–H and O–H groups in total. The minimum absolute atomic E-state index is 0.0305. The Morgan fingerprint density at radius 3 is 2.94 bits per heavy atom. The Bertz CT molecular complexity index is 583. The van der Waals surface area contributed by atoms with Gasteiger partial charge >= 0.3 is 5.82 Å². The number of hydrogen-bond donors (Lipinski definition) is 0. The molecule has 94 valence electrons. The van der Waals surface area contributed by atoms with Crippen LogP contribution in [0.4, 0.5) is 5.82 Å². The van der Waals surface area contributed by atoms with E-state index in [9.17, 15) is 10.1 Å². The molecule has 0 amide bonds. The first kappa shape index (κ1) is 12.4. The highest BCUT2D eigenvalue weighted by atomic mass is 35.5. The van der Waals surface area contributed by atoms with Crippen LogP contribution in [0.5, 0.6) is 5.75 Å². The standard InChI is InChI=1S/C11H10ClN3O3/c1-18-9-4-2-3-8(5-9)6-14-7-10(12)11(13-14)15(16)17/h2-5,7H,6H2,1H3. The fourth-order valence-electron chi connectivity index (χ4n) is 1.55. The molecule has 1 aromatic carbocycles. The largest absolute Gasteiger partial charge is 0.497 e. The predicted octanol–water partition coefficient (Wildman–Crippen LogP) is 2.50. The zero-order valence-electron chi connectivity index (χ0n) is 9.54. The van der Waals surface area contributed by atoms with E-state index >= 15 is 0 Å². The molecule has 0 bridgehead atoms. The van der Waals surface area contributed by atoms with Gasteiger partial charge in [-0.1, -0.05) is 23.7 Å². The lowest BCUT2D eigenvalue weighted by atomic mass is 10.2. The van der Waals surface area contributed by atoms with E-state index in [2.05, 4.69) is 5.10 Å². The smallest absolute Gasteiger partial charge is 0.408 e. The molecule has 0 aliphatic heterocycles. The van der Waals surface area contributed by atoms with Crippen molar-refractivity contribution in [3.63, 3.8) is 0 Å². The van der Waals surface area contributed by atoms with Crippen LogP contribution in [-0.2, 0) is 6.54 Å². The molecule has 2 rings (SSSR count). The molecule has 2 aromatic rings. The minimum atomic E-state index is -0.607. The lowest BCUT2D eigenvalue weighted by Crippen LogP contribution is -2.01. The summed E-state index contributed by atoms with van der Waals surface area (Å²) in [7, 11) is 1.58.